The van der Waals surface area contributed by atoms with Crippen LogP contribution in [0.15, 0.2) is 24.3 Å². The van der Waals surface area contributed by atoms with Crippen molar-refractivity contribution >= 4 is 29.0 Å². The minimum Gasteiger partial charge on any atom is -0.382 e. The third kappa shape index (κ3) is 2.42. The lowest BCUT2D eigenvalue weighted by atomic mass is 10.2. The number of H-pyrrole nitrogens is 1. The second kappa shape index (κ2) is 4.77. The van der Waals surface area contributed by atoms with Gasteiger partial charge >= 0.3 is 0 Å². The molecular weight excluding hydrogens is 254 g/mol. The number of nitrogens with one attached hydrogen (secondary N) is 2. The molecule has 2 aromatic rings. The number of carbonyl (C=O) groups is 1. The lowest BCUT2D eigenvalue weighted by Crippen LogP contribution is -2.12. The summed E-state index contributed by atoms with van der Waals surface area (Å²) >= 11 is 5.93. The van der Waals surface area contributed by atoms with Crippen LogP contribution in [0.3, 0.4) is 0 Å². The van der Waals surface area contributed by atoms with Gasteiger partial charge in [-0.3, -0.25) is 9.89 Å². The number of nitriles is 1. The lowest BCUT2D eigenvalue weighted by molar-refractivity contribution is 0.102. The number of nitrogens with zero attached hydrogens (tertiary/aromatic N) is 2. The number of nitrogens with two attached hydrogens (primary N) is 1. The summed E-state index contributed by atoms with van der Waals surface area (Å²) in [6.45, 7) is 0. The Labute approximate surface area is 107 Å². The van der Waals surface area contributed by atoms with E-state index in [9.17, 15) is 4.79 Å². The third-order valence-corrected chi connectivity index (χ3v) is 2.50. The first-order valence-corrected chi connectivity index (χ1v) is 5.30. The van der Waals surface area contributed by atoms with Crippen molar-refractivity contribution in [1.29, 1.82) is 5.26 Å². The Bertz CT molecular complexity index is 643. The molecule has 0 saturated heterocycles. The summed E-state index contributed by atoms with van der Waals surface area (Å²) in [7, 11) is 0. The Morgan fingerprint density at radius 3 is 2.83 bits per heavy atom. The molecule has 0 aliphatic carbocycles. The molecule has 7 heteroatoms. The van der Waals surface area contributed by atoms with Gasteiger partial charge in [-0.25, -0.2) is 0 Å². The fourth-order valence-corrected chi connectivity index (χ4v) is 1.56. The number of aromatic amines is 1. The number of anilines is 2. The molecule has 4 N–H and O–H groups in total. The molecule has 1 amide bonds. The highest BCUT2D eigenvalue weighted by molar-refractivity contribution is 6.34. The van der Waals surface area contributed by atoms with E-state index < -0.39 is 5.91 Å². The molecule has 1 aromatic heterocycles. The van der Waals surface area contributed by atoms with Crippen molar-refractivity contribution < 1.29 is 4.79 Å². The molecule has 18 heavy (non-hydrogen) atoms. The first-order valence-electron chi connectivity index (χ1n) is 4.92. The van der Waals surface area contributed by atoms with Crippen LogP contribution in [0.4, 0.5) is 11.5 Å². The molecule has 6 nitrogen and oxygen atoms in total. The molecule has 90 valence electrons. The van der Waals surface area contributed by atoms with Crippen LogP contribution in [0.2, 0.25) is 5.02 Å². The Kier molecular flexibility index (Phi) is 3.17. The van der Waals surface area contributed by atoms with Gasteiger partial charge < -0.3 is 11.1 Å². The highest BCUT2D eigenvalue weighted by Gasteiger charge is 2.11. The molecule has 1 heterocycles. The number of nitrogen functional groups attached to an aromatic ring is 1. The van der Waals surface area contributed by atoms with Crippen LogP contribution < -0.4 is 11.1 Å². The van der Waals surface area contributed by atoms with Crippen molar-refractivity contribution in [2.75, 3.05) is 11.1 Å². The fraction of sp³-hybridized carbons (Fsp3) is 0. The maximum absolute atomic E-state index is 11.8. The maximum Gasteiger partial charge on any atom is 0.273 e. The smallest absolute Gasteiger partial charge is 0.273 e. The van der Waals surface area contributed by atoms with E-state index in [0.717, 1.165) is 0 Å². The average Bonchev–Trinajstić information content (AvgIpc) is 2.78. The zero-order chi connectivity index (χ0) is 13.1. The highest BCUT2D eigenvalue weighted by atomic mass is 35.5. The summed E-state index contributed by atoms with van der Waals surface area (Å²) in [6.07, 6.45) is 0. The van der Waals surface area contributed by atoms with Crippen molar-refractivity contribution in [3.05, 3.63) is 40.5 Å². The van der Waals surface area contributed by atoms with Crippen LogP contribution >= 0.6 is 11.6 Å². The van der Waals surface area contributed by atoms with Gasteiger partial charge in [0.15, 0.2) is 0 Å². The number of hydrogen-bond donors (Lipinski definition) is 3. The average molecular weight is 262 g/mol. The molecule has 0 aliphatic heterocycles. The zero-order valence-corrected chi connectivity index (χ0v) is 9.82. The summed E-state index contributed by atoms with van der Waals surface area (Å²) in [5, 5.41) is 17.7. The van der Waals surface area contributed by atoms with E-state index in [1.165, 1.54) is 12.1 Å². The minimum atomic E-state index is -0.411. The monoisotopic (exact) mass is 261 g/mol. The molecule has 0 spiro atoms. The van der Waals surface area contributed by atoms with Gasteiger partial charge in [0.1, 0.15) is 11.5 Å². The number of aromatic nitrogens is 2. The van der Waals surface area contributed by atoms with E-state index in [2.05, 4.69) is 15.5 Å². The molecule has 0 fully saturated rings. The summed E-state index contributed by atoms with van der Waals surface area (Å²) < 4.78 is 0. The van der Waals surface area contributed by atoms with Crippen LogP contribution in [-0.2, 0) is 0 Å². The number of benzene rings is 1. The van der Waals surface area contributed by atoms with Gasteiger partial charge in [-0.05, 0) is 18.2 Å². The number of halogens is 1. The normalized spacial score (nSPS) is 9.78. The van der Waals surface area contributed by atoms with Crippen LogP contribution in [0.1, 0.15) is 16.1 Å². The second-order valence-corrected chi connectivity index (χ2v) is 3.87. The van der Waals surface area contributed by atoms with Crippen LogP contribution in [0, 0.1) is 11.3 Å². The van der Waals surface area contributed by atoms with Gasteiger partial charge in [-0.2, -0.15) is 10.4 Å². The van der Waals surface area contributed by atoms with Crippen molar-refractivity contribution in [2.45, 2.75) is 0 Å². The van der Waals surface area contributed by atoms with E-state index in [4.69, 9.17) is 22.6 Å². The summed E-state index contributed by atoms with van der Waals surface area (Å²) in [5.74, 6) is -0.183. The molecule has 0 bridgehead atoms. The Morgan fingerprint density at radius 2 is 2.28 bits per heavy atom. The predicted molar refractivity (Wildman–Crippen MR) is 67.1 cm³/mol. The Morgan fingerprint density at radius 1 is 1.50 bits per heavy atom. The summed E-state index contributed by atoms with van der Waals surface area (Å²) in [4.78, 5) is 11.8. The third-order valence-electron chi connectivity index (χ3n) is 2.19. The van der Waals surface area contributed by atoms with Crippen molar-refractivity contribution in [3.63, 3.8) is 0 Å². The lowest BCUT2D eigenvalue weighted by Gasteiger charge is -2.05. The van der Waals surface area contributed by atoms with Gasteiger partial charge in [0.2, 0.25) is 0 Å². The van der Waals surface area contributed by atoms with E-state index in [1.807, 2.05) is 6.07 Å². The molecule has 1 aromatic carbocycles. The van der Waals surface area contributed by atoms with Gasteiger partial charge in [-0.1, -0.05) is 11.6 Å². The van der Waals surface area contributed by atoms with E-state index >= 15 is 0 Å². The van der Waals surface area contributed by atoms with Gasteiger partial charge in [0.25, 0.3) is 5.91 Å². The topological polar surface area (TPSA) is 108 Å². The number of hydrogen-bond acceptors (Lipinski definition) is 4. The quantitative estimate of drug-likeness (QED) is 0.765. The molecule has 2 rings (SSSR count). The van der Waals surface area contributed by atoms with Gasteiger partial charge in [-0.15, -0.1) is 0 Å². The highest BCUT2D eigenvalue weighted by Crippen LogP contribution is 2.23. The summed E-state index contributed by atoms with van der Waals surface area (Å²) in [5.41, 5.74) is 6.45. The van der Waals surface area contributed by atoms with Crippen molar-refractivity contribution in [1.82, 2.24) is 10.2 Å². The Balaban J connectivity index is 2.20. The van der Waals surface area contributed by atoms with Gasteiger partial charge in [0, 0.05) is 6.07 Å². The molecule has 0 aliphatic rings. The van der Waals surface area contributed by atoms with Crippen molar-refractivity contribution in [2.24, 2.45) is 0 Å². The fourth-order valence-electron chi connectivity index (χ4n) is 1.33. The molecular formula is C11H8ClN5O. The molecule has 0 radical (unpaired) electrons. The first-order chi connectivity index (χ1) is 8.60. The van der Waals surface area contributed by atoms with Crippen LogP contribution in [-0.4, -0.2) is 16.1 Å². The number of rotatable bonds is 2. The number of amides is 1. The molecule has 0 atom stereocenters. The molecule has 0 unspecified atom stereocenters. The maximum atomic E-state index is 11.8. The molecule has 0 saturated carbocycles. The van der Waals surface area contributed by atoms with Gasteiger partial charge in [0.05, 0.1) is 22.3 Å². The van der Waals surface area contributed by atoms with Crippen molar-refractivity contribution in [3.8, 4) is 6.07 Å². The Hall–Kier alpha value is -2.52. The number of carbonyl (C=O) groups excluding carboxylic acids is 1. The van der Waals surface area contributed by atoms with E-state index in [0.29, 0.717) is 11.3 Å². The zero-order valence-electron chi connectivity index (χ0n) is 9.07. The second-order valence-electron chi connectivity index (χ2n) is 3.47. The van der Waals surface area contributed by atoms with Crippen LogP contribution in [0.25, 0.3) is 0 Å². The van der Waals surface area contributed by atoms with Crippen LogP contribution in [0.5, 0.6) is 0 Å². The van der Waals surface area contributed by atoms with E-state index in [1.54, 1.807) is 12.1 Å². The summed E-state index contributed by atoms with van der Waals surface area (Å²) in [6, 6.07) is 7.95. The largest absolute Gasteiger partial charge is 0.382 e. The minimum absolute atomic E-state index is 0.228. The first kappa shape index (κ1) is 12.0. The standard InChI is InChI=1S/C11H8ClN5O/c12-7-3-6(5-13)1-2-8(7)15-11(18)9-4-10(14)17-16-9/h1-4H,(H,15,18)(H3,14,16,17). The van der Waals surface area contributed by atoms with E-state index in [-0.39, 0.29) is 16.5 Å². The predicted octanol–water partition coefficient (Wildman–Crippen LogP) is 1.77. The SMILES string of the molecule is N#Cc1ccc(NC(=O)c2cc(N)n[nH]2)c(Cl)c1.